The molecule has 0 saturated carbocycles. The summed E-state index contributed by atoms with van der Waals surface area (Å²) in [6.07, 6.45) is 6.09. The quantitative estimate of drug-likeness (QED) is 0.648. The highest BCUT2D eigenvalue weighted by Gasteiger charge is 2.29. The summed E-state index contributed by atoms with van der Waals surface area (Å²) in [6, 6.07) is 18.4. The Morgan fingerprint density at radius 1 is 0.952 bits per heavy atom. The van der Waals surface area contributed by atoms with Gasteiger partial charge < -0.3 is 4.74 Å². The van der Waals surface area contributed by atoms with E-state index in [2.05, 4.69) is 42.3 Å². The summed E-state index contributed by atoms with van der Waals surface area (Å²) in [5, 5.41) is 1.13. The van der Waals surface area contributed by atoms with Gasteiger partial charge in [-0.1, -0.05) is 42.5 Å². The van der Waals surface area contributed by atoms with Gasteiger partial charge in [0, 0.05) is 17.1 Å². The van der Waals surface area contributed by atoms with Gasteiger partial charge in [-0.3, -0.25) is 4.98 Å². The monoisotopic (exact) mass is 273 g/mol. The summed E-state index contributed by atoms with van der Waals surface area (Å²) in [5.41, 5.74) is 2.82. The fraction of sp³-hybridized carbons (Fsp3) is 0.105. The predicted molar refractivity (Wildman–Crippen MR) is 85.2 cm³/mol. The van der Waals surface area contributed by atoms with Gasteiger partial charge in [-0.2, -0.15) is 0 Å². The van der Waals surface area contributed by atoms with E-state index in [-0.39, 0.29) is 0 Å². The molecule has 0 saturated heterocycles. The minimum atomic E-state index is -0.426. The Hall–Kier alpha value is -2.61. The van der Waals surface area contributed by atoms with E-state index in [0.29, 0.717) is 0 Å². The van der Waals surface area contributed by atoms with Crippen molar-refractivity contribution >= 4 is 17.0 Å². The number of aromatic nitrogens is 1. The molecule has 1 aliphatic heterocycles. The molecule has 0 spiro atoms. The maximum Gasteiger partial charge on any atom is 0.150 e. The molecule has 1 aromatic heterocycles. The lowest BCUT2D eigenvalue weighted by atomic mass is 9.91. The topological polar surface area (TPSA) is 22.1 Å². The molecular weight excluding hydrogens is 258 g/mol. The predicted octanol–water partition coefficient (Wildman–Crippen LogP) is 4.56. The summed E-state index contributed by atoms with van der Waals surface area (Å²) in [5.74, 6) is 0.907. The van der Waals surface area contributed by atoms with Crippen molar-refractivity contribution in [2.75, 3.05) is 0 Å². The molecule has 0 N–H and O–H groups in total. The van der Waals surface area contributed by atoms with E-state index in [1.54, 1.807) is 0 Å². The molecule has 0 radical (unpaired) electrons. The molecule has 0 fully saturated rings. The minimum Gasteiger partial charge on any atom is -0.478 e. The molecule has 2 aromatic carbocycles. The maximum absolute atomic E-state index is 6.30. The molecule has 1 atom stereocenters. The van der Waals surface area contributed by atoms with Crippen molar-refractivity contribution in [2.45, 2.75) is 12.5 Å². The van der Waals surface area contributed by atoms with Crippen LogP contribution in [0, 0.1) is 0 Å². The lowest BCUT2D eigenvalue weighted by Gasteiger charge is -2.32. The van der Waals surface area contributed by atoms with Crippen molar-refractivity contribution in [3.63, 3.8) is 0 Å². The zero-order valence-electron chi connectivity index (χ0n) is 11.8. The Kier molecular flexibility index (Phi) is 2.58. The number of rotatable bonds is 1. The Bertz CT molecular complexity index is 839. The van der Waals surface area contributed by atoms with Gasteiger partial charge >= 0.3 is 0 Å². The highest BCUT2D eigenvalue weighted by Crippen LogP contribution is 2.39. The zero-order chi connectivity index (χ0) is 14.3. The number of fused-ring (bicyclic) bond motifs is 3. The fourth-order valence-electron chi connectivity index (χ4n) is 2.85. The Morgan fingerprint density at radius 3 is 2.67 bits per heavy atom. The van der Waals surface area contributed by atoms with Crippen LogP contribution >= 0.6 is 0 Å². The third-order valence-corrected chi connectivity index (χ3v) is 4.02. The lowest BCUT2D eigenvalue weighted by molar-refractivity contribution is 0.138. The van der Waals surface area contributed by atoms with Gasteiger partial charge in [0.2, 0.25) is 0 Å². The van der Waals surface area contributed by atoms with E-state index in [1.165, 1.54) is 0 Å². The van der Waals surface area contributed by atoms with Gasteiger partial charge in [-0.05, 0) is 36.8 Å². The second kappa shape index (κ2) is 4.45. The van der Waals surface area contributed by atoms with E-state index < -0.39 is 5.60 Å². The summed E-state index contributed by atoms with van der Waals surface area (Å²) in [6.45, 7) is 2.09. The molecule has 102 valence electrons. The number of nitrogens with zero attached hydrogens (tertiary/aromatic N) is 1. The van der Waals surface area contributed by atoms with Crippen LogP contribution < -0.4 is 4.74 Å². The van der Waals surface area contributed by atoms with Crippen LogP contribution in [-0.4, -0.2) is 4.98 Å². The second-order valence-corrected chi connectivity index (χ2v) is 5.46. The maximum atomic E-state index is 6.30. The SMILES string of the molecule is C[C@@]1(c2ccccc2)C=Cc2c(ccc3ncccc23)O1. The summed E-state index contributed by atoms with van der Waals surface area (Å²) < 4.78 is 6.30. The van der Waals surface area contributed by atoms with Crippen molar-refractivity contribution in [1.82, 2.24) is 4.98 Å². The van der Waals surface area contributed by atoms with E-state index in [9.17, 15) is 0 Å². The molecule has 0 bridgehead atoms. The molecule has 1 aliphatic rings. The number of pyridine rings is 1. The van der Waals surface area contributed by atoms with Crippen LogP contribution in [0.1, 0.15) is 18.1 Å². The van der Waals surface area contributed by atoms with Crippen LogP contribution in [0.25, 0.3) is 17.0 Å². The molecule has 0 unspecified atom stereocenters. The van der Waals surface area contributed by atoms with E-state index in [4.69, 9.17) is 4.74 Å². The van der Waals surface area contributed by atoms with E-state index in [0.717, 1.165) is 27.8 Å². The first-order chi connectivity index (χ1) is 10.3. The van der Waals surface area contributed by atoms with Gasteiger partial charge in [0.1, 0.15) is 11.4 Å². The molecule has 2 nitrogen and oxygen atoms in total. The molecule has 2 heterocycles. The highest BCUT2D eigenvalue weighted by molar-refractivity contribution is 5.91. The van der Waals surface area contributed by atoms with Crippen LogP contribution in [-0.2, 0) is 5.60 Å². The normalized spacial score (nSPS) is 20.0. The van der Waals surface area contributed by atoms with Crippen LogP contribution in [0.5, 0.6) is 5.75 Å². The van der Waals surface area contributed by atoms with Crippen LogP contribution in [0.4, 0.5) is 0 Å². The molecule has 2 heteroatoms. The standard InChI is InChI=1S/C19H15NO/c1-19(14-6-3-2-4-7-14)12-11-16-15-8-5-13-20-17(15)9-10-18(16)21-19/h2-13H,1H3/t19-/m0/s1. The van der Waals surface area contributed by atoms with Gasteiger partial charge in [-0.25, -0.2) is 0 Å². The number of hydrogen-bond donors (Lipinski definition) is 0. The molecule has 0 aliphatic carbocycles. The third kappa shape index (κ3) is 1.91. The Labute approximate surface area is 123 Å². The smallest absolute Gasteiger partial charge is 0.150 e. The zero-order valence-corrected chi connectivity index (χ0v) is 11.8. The van der Waals surface area contributed by atoms with E-state index >= 15 is 0 Å². The van der Waals surface area contributed by atoms with Gasteiger partial charge in [0.25, 0.3) is 0 Å². The van der Waals surface area contributed by atoms with Gasteiger partial charge in [-0.15, -0.1) is 0 Å². The van der Waals surface area contributed by atoms with Crippen LogP contribution in [0.2, 0.25) is 0 Å². The molecule has 0 amide bonds. The number of ether oxygens (including phenoxy) is 1. The largest absolute Gasteiger partial charge is 0.478 e. The number of benzene rings is 2. The first-order valence-electron chi connectivity index (χ1n) is 7.08. The Balaban J connectivity index is 1.86. The summed E-state index contributed by atoms with van der Waals surface area (Å²) in [7, 11) is 0. The van der Waals surface area contributed by atoms with Crippen molar-refractivity contribution in [2.24, 2.45) is 0 Å². The van der Waals surface area contributed by atoms with E-state index in [1.807, 2.05) is 42.6 Å². The van der Waals surface area contributed by atoms with Gasteiger partial charge in [0.15, 0.2) is 0 Å². The molecule has 3 aromatic rings. The lowest BCUT2D eigenvalue weighted by Crippen LogP contribution is -2.29. The van der Waals surface area contributed by atoms with Crippen molar-refractivity contribution in [3.05, 3.63) is 78.0 Å². The Morgan fingerprint density at radius 2 is 1.81 bits per heavy atom. The highest BCUT2D eigenvalue weighted by atomic mass is 16.5. The average molecular weight is 273 g/mol. The fourth-order valence-corrected chi connectivity index (χ4v) is 2.85. The van der Waals surface area contributed by atoms with Crippen LogP contribution in [0.15, 0.2) is 66.9 Å². The molecular formula is C19H15NO. The van der Waals surface area contributed by atoms with Crippen molar-refractivity contribution in [3.8, 4) is 5.75 Å². The van der Waals surface area contributed by atoms with Gasteiger partial charge in [0.05, 0.1) is 5.52 Å². The number of hydrogen-bond acceptors (Lipinski definition) is 2. The molecule has 21 heavy (non-hydrogen) atoms. The first kappa shape index (κ1) is 12.2. The van der Waals surface area contributed by atoms with Crippen LogP contribution in [0.3, 0.4) is 0 Å². The minimum absolute atomic E-state index is 0.426. The van der Waals surface area contributed by atoms with Crippen molar-refractivity contribution < 1.29 is 4.74 Å². The second-order valence-electron chi connectivity index (χ2n) is 5.46. The average Bonchev–Trinajstić information content (AvgIpc) is 2.55. The summed E-state index contributed by atoms with van der Waals surface area (Å²) >= 11 is 0. The summed E-state index contributed by atoms with van der Waals surface area (Å²) in [4.78, 5) is 4.39. The first-order valence-corrected chi connectivity index (χ1v) is 7.08. The third-order valence-electron chi connectivity index (χ3n) is 4.02. The molecule has 4 rings (SSSR count). The van der Waals surface area contributed by atoms with Crippen molar-refractivity contribution in [1.29, 1.82) is 0 Å².